The lowest BCUT2D eigenvalue weighted by atomic mass is 9.92. The second-order valence-corrected chi connectivity index (χ2v) is 4.83. The third kappa shape index (κ3) is 5.22. The van der Waals surface area contributed by atoms with Gasteiger partial charge in [0.15, 0.2) is 0 Å². The summed E-state index contributed by atoms with van der Waals surface area (Å²) >= 11 is 0. The molecule has 0 saturated carbocycles. The Morgan fingerprint density at radius 1 is 1.24 bits per heavy atom. The molecule has 1 N–H and O–H groups in total. The van der Waals surface area contributed by atoms with Crippen molar-refractivity contribution in [3.8, 4) is 5.75 Å². The van der Waals surface area contributed by atoms with E-state index >= 15 is 0 Å². The summed E-state index contributed by atoms with van der Waals surface area (Å²) in [7, 11) is 0. The van der Waals surface area contributed by atoms with E-state index in [0.29, 0.717) is 6.61 Å². The summed E-state index contributed by atoms with van der Waals surface area (Å²) in [4.78, 5) is 0. The van der Waals surface area contributed by atoms with Crippen LogP contribution in [-0.4, -0.2) is 17.3 Å². The van der Waals surface area contributed by atoms with Gasteiger partial charge in [-0.15, -0.1) is 0 Å². The number of rotatable bonds is 7. The van der Waals surface area contributed by atoms with E-state index < -0.39 is 5.60 Å². The molecule has 0 radical (unpaired) electrons. The number of benzene rings is 1. The van der Waals surface area contributed by atoms with Gasteiger partial charge in [0.1, 0.15) is 5.75 Å². The van der Waals surface area contributed by atoms with Gasteiger partial charge < -0.3 is 9.84 Å². The fraction of sp³-hybridized carbons (Fsp3) is 0.600. The number of hydrogen-bond acceptors (Lipinski definition) is 2. The third-order valence-electron chi connectivity index (χ3n) is 2.95. The zero-order valence-corrected chi connectivity index (χ0v) is 11.2. The molecule has 0 aliphatic carbocycles. The normalized spacial score (nSPS) is 14.4. The van der Waals surface area contributed by atoms with Crippen LogP contribution in [0.4, 0.5) is 0 Å². The molecule has 1 rings (SSSR count). The van der Waals surface area contributed by atoms with E-state index in [4.69, 9.17) is 4.74 Å². The van der Waals surface area contributed by atoms with Crippen LogP contribution in [0.3, 0.4) is 0 Å². The number of ether oxygens (including phenoxy) is 1. The lowest BCUT2D eigenvalue weighted by molar-refractivity contribution is 0.0415. The van der Waals surface area contributed by atoms with Crippen LogP contribution >= 0.6 is 0 Å². The molecule has 0 aliphatic heterocycles. The molecule has 2 heteroatoms. The summed E-state index contributed by atoms with van der Waals surface area (Å²) in [5.41, 5.74) is 0.684. The summed E-state index contributed by atoms with van der Waals surface area (Å²) in [6.07, 6.45) is 3.58. The van der Waals surface area contributed by atoms with Crippen molar-refractivity contribution in [3.63, 3.8) is 0 Å². The molecule has 0 bridgehead atoms. The summed E-state index contributed by atoms with van der Waals surface area (Å²) in [6, 6.07) is 8.13. The van der Waals surface area contributed by atoms with Crippen molar-refractivity contribution in [2.24, 2.45) is 0 Å². The molecule has 1 aromatic rings. The van der Waals surface area contributed by atoms with Gasteiger partial charge in [-0.25, -0.2) is 0 Å². The molecule has 1 unspecified atom stereocenters. The van der Waals surface area contributed by atoms with E-state index in [1.54, 1.807) is 0 Å². The Kier molecular flexibility index (Phi) is 5.49. The van der Waals surface area contributed by atoms with E-state index in [1.165, 1.54) is 5.56 Å². The average molecular weight is 236 g/mol. The fourth-order valence-corrected chi connectivity index (χ4v) is 2.03. The fourth-order valence-electron chi connectivity index (χ4n) is 2.03. The largest absolute Gasteiger partial charge is 0.494 e. The summed E-state index contributed by atoms with van der Waals surface area (Å²) in [5.74, 6) is 0.917. The van der Waals surface area contributed by atoms with Crippen LogP contribution in [0.1, 0.15) is 45.6 Å². The molecule has 96 valence electrons. The Hall–Kier alpha value is -1.02. The van der Waals surface area contributed by atoms with Crippen LogP contribution in [0.5, 0.6) is 5.75 Å². The molecule has 0 aliphatic rings. The Morgan fingerprint density at radius 2 is 2.00 bits per heavy atom. The van der Waals surface area contributed by atoms with Crippen LogP contribution in [0.25, 0.3) is 0 Å². The van der Waals surface area contributed by atoms with Crippen molar-refractivity contribution < 1.29 is 9.84 Å². The highest BCUT2D eigenvalue weighted by molar-refractivity contribution is 5.28. The SMILES string of the molecule is CCCC(C)(O)CCc1cccc(OCC)c1. The summed E-state index contributed by atoms with van der Waals surface area (Å²) in [6.45, 7) is 6.70. The highest BCUT2D eigenvalue weighted by Gasteiger charge is 2.18. The molecule has 0 aromatic heterocycles. The predicted octanol–water partition coefficient (Wildman–Crippen LogP) is 3.57. The van der Waals surface area contributed by atoms with Gasteiger partial charge in [-0.3, -0.25) is 0 Å². The lowest BCUT2D eigenvalue weighted by Gasteiger charge is -2.22. The van der Waals surface area contributed by atoms with Gasteiger partial charge in [0.25, 0.3) is 0 Å². The molecule has 2 nitrogen and oxygen atoms in total. The predicted molar refractivity (Wildman–Crippen MR) is 71.5 cm³/mol. The summed E-state index contributed by atoms with van der Waals surface area (Å²) < 4.78 is 5.46. The van der Waals surface area contributed by atoms with Crippen molar-refractivity contribution in [1.82, 2.24) is 0 Å². The molecule has 1 aromatic carbocycles. The van der Waals surface area contributed by atoms with E-state index in [-0.39, 0.29) is 0 Å². The van der Waals surface area contributed by atoms with Crippen LogP contribution in [0.2, 0.25) is 0 Å². The first-order chi connectivity index (χ1) is 8.07. The van der Waals surface area contributed by atoms with Gasteiger partial charge in [-0.2, -0.15) is 0 Å². The van der Waals surface area contributed by atoms with Crippen molar-refractivity contribution in [2.75, 3.05) is 6.61 Å². The van der Waals surface area contributed by atoms with Crippen LogP contribution < -0.4 is 4.74 Å². The molecular weight excluding hydrogens is 212 g/mol. The van der Waals surface area contributed by atoms with Crippen LogP contribution in [0.15, 0.2) is 24.3 Å². The number of aryl methyl sites for hydroxylation is 1. The van der Waals surface area contributed by atoms with Crippen molar-refractivity contribution in [1.29, 1.82) is 0 Å². The monoisotopic (exact) mass is 236 g/mol. The zero-order valence-electron chi connectivity index (χ0n) is 11.2. The van der Waals surface area contributed by atoms with Gasteiger partial charge in [0.2, 0.25) is 0 Å². The first-order valence-electron chi connectivity index (χ1n) is 6.51. The Labute approximate surface area is 105 Å². The van der Waals surface area contributed by atoms with Crippen molar-refractivity contribution >= 4 is 0 Å². The van der Waals surface area contributed by atoms with E-state index in [0.717, 1.165) is 31.4 Å². The van der Waals surface area contributed by atoms with Gasteiger partial charge in [0, 0.05) is 0 Å². The van der Waals surface area contributed by atoms with E-state index in [9.17, 15) is 5.11 Å². The Morgan fingerprint density at radius 3 is 2.65 bits per heavy atom. The van der Waals surface area contributed by atoms with Gasteiger partial charge in [-0.1, -0.05) is 25.5 Å². The Bertz CT molecular complexity index is 331. The maximum atomic E-state index is 10.1. The summed E-state index contributed by atoms with van der Waals surface area (Å²) in [5, 5.41) is 10.1. The minimum absolute atomic E-state index is 0.545. The van der Waals surface area contributed by atoms with Crippen molar-refractivity contribution in [2.45, 2.75) is 52.1 Å². The lowest BCUT2D eigenvalue weighted by Crippen LogP contribution is -2.24. The maximum Gasteiger partial charge on any atom is 0.119 e. The maximum absolute atomic E-state index is 10.1. The van der Waals surface area contributed by atoms with Crippen LogP contribution in [-0.2, 0) is 6.42 Å². The third-order valence-corrected chi connectivity index (χ3v) is 2.95. The molecule has 0 amide bonds. The molecule has 0 heterocycles. The van der Waals surface area contributed by atoms with E-state index in [2.05, 4.69) is 19.1 Å². The van der Waals surface area contributed by atoms with Gasteiger partial charge >= 0.3 is 0 Å². The van der Waals surface area contributed by atoms with Gasteiger partial charge in [-0.05, 0) is 50.8 Å². The quantitative estimate of drug-likeness (QED) is 0.784. The second kappa shape index (κ2) is 6.65. The standard InChI is InChI=1S/C15H24O2/c1-4-10-15(3,16)11-9-13-7-6-8-14(12-13)17-5-2/h6-8,12,16H,4-5,9-11H2,1-3H3. The molecule has 17 heavy (non-hydrogen) atoms. The molecule has 0 saturated heterocycles. The highest BCUT2D eigenvalue weighted by atomic mass is 16.5. The molecule has 0 fully saturated rings. The smallest absolute Gasteiger partial charge is 0.119 e. The molecular formula is C15H24O2. The van der Waals surface area contributed by atoms with Crippen molar-refractivity contribution in [3.05, 3.63) is 29.8 Å². The minimum atomic E-state index is -0.545. The molecule has 1 atom stereocenters. The van der Waals surface area contributed by atoms with Crippen LogP contribution in [0, 0.1) is 0 Å². The minimum Gasteiger partial charge on any atom is -0.494 e. The topological polar surface area (TPSA) is 29.5 Å². The first-order valence-corrected chi connectivity index (χ1v) is 6.51. The average Bonchev–Trinajstić information content (AvgIpc) is 2.28. The highest BCUT2D eigenvalue weighted by Crippen LogP contribution is 2.21. The van der Waals surface area contributed by atoms with Gasteiger partial charge in [0.05, 0.1) is 12.2 Å². The second-order valence-electron chi connectivity index (χ2n) is 4.83. The van der Waals surface area contributed by atoms with E-state index in [1.807, 2.05) is 26.0 Å². The number of aliphatic hydroxyl groups is 1. The first kappa shape index (κ1) is 14.0. The Balaban J connectivity index is 2.53. The molecule has 0 spiro atoms. The zero-order chi connectivity index (χ0) is 12.7. The number of hydrogen-bond donors (Lipinski definition) is 1.